The first kappa shape index (κ1) is 14.9. The molecule has 3 rings (SSSR count). The Hall–Kier alpha value is -2.01. The van der Waals surface area contributed by atoms with Gasteiger partial charge in [-0.3, -0.25) is 4.79 Å². The highest BCUT2D eigenvalue weighted by atomic mass is 32.1. The molecule has 0 spiro atoms. The van der Waals surface area contributed by atoms with Crippen molar-refractivity contribution in [3.05, 3.63) is 45.6 Å². The lowest BCUT2D eigenvalue weighted by Crippen LogP contribution is -2.32. The summed E-state index contributed by atoms with van der Waals surface area (Å²) in [5, 5.41) is 1.94. The number of thiophene rings is 1. The van der Waals surface area contributed by atoms with Crippen LogP contribution in [0.4, 0.5) is 0 Å². The largest absolute Gasteiger partial charge is 0.493 e. The van der Waals surface area contributed by atoms with Gasteiger partial charge in [0.2, 0.25) is 0 Å². The van der Waals surface area contributed by atoms with Crippen molar-refractivity contribution >= 4 is 17.2 Å². The molecule has 0 saturated heterocycles. The minimum atomic E-state index is 0.127. The number of nitrogens with zero attached hydrogens (tertiary/aromatic N) is 1. The molecule has 116 valence electrons. The zero-order valence-electron chi connectivity index (χ0n) is 12.8. The van der Waals surface area contributed by atoms with Gasteiger partial charge in [0, 0.05) is 13.1 Å². The van der Waals surface area contributed by atoms with E-state index in [9.17, 15) is 4.79 Å². The first-order chi connectivity index (χ1) is 10.7. The van der Waals surface area contributed by atoms with Gasteiger partial charge in [0.15, 0.2) is 11.5 Å². The molecule has 1 amide bonds. The molecule has 0 saturated carbocycles. The van der Waals surface area contributed by atoms with Crippen molar-refractivity contribution in [3.63, 3.8) is 0 Å². The summed E-state index contributed by atoms with van der Waals surface area (Å²) in [5.41, 5.74) is 2.47. The normalized spacial score (nSPS) is 14.2. The van der Waals surface area contributed by atoms with Gasteiger partial charge in [-0.1, -0.05) is 6.07 Å². The van der Waals surface area contributed by atoms with Crippen LogP contribution in [0.1, 0.15) is 20.8 Å². The van der Waals surface area contributed by atoms with Gasteiger partial charge in [-0.05, 0) is 47.5 Å². The molecule has 0 atom stereocenters. The van der Waals surface area contributed by atoms with Crippen LogP contribution >= 0.6 is 11.3 Å². The number of carbonyl (C=O) groups is 1. The fourth-order valence-electron chi connectivity index (χ4n) is 2.81. The van der Waals surface area contributed by atoms with Crippen LogP contribution in [-0.2, 0) is 12.8 Å². The number of methoxy groups -OCH3 is 2. The number of fused-ring (bicyclic) bond motifs is 1. The number of hydrogen-bond donors (Lipinski definition) is 0. The summed E-state index contributed by atoms with van der Waals surface area (Å²) in [5.74, 6) is 1.63. The fraction of sp³-hybridized carbons (Fsp3) is 0.353. The van der Waals surface area contributed by atoms with E-state index >= 15 is 0 Å². The van der Waals surface area contributed by atoms with Crippen LogP contribution in [0.25, 0.3) is 0 Å². The van der Waals surface area contributed by atoms with Gasteiger partial charge in [0.1, 0.15) is 0 Å². The van der Waals surface area contributed by atoms with Crippen LogP contribution in [0.15, 0.2) is 29.6 Å². The van der Waals surface area contributed by atoms with Crippen LogP contribution in [0.5, 0.6) is 11.5 Å². The van der Waals surface area contributed by atoms with Crippen molar-refractivity contribution in [3.8, 4) is 11.5 Å². The number of rotatable bonds is 3. The highest BCUT2D eigenvalue weighted by molar-refractivity contribution is 7.12. The summed E-state index contributed by atoms with van der Waals surface area (Å²) in [6.45, 7) is 1.47. The molecule has 4 nitrogen and oxygen atoms in total. The number of amides is 1. The highest BCUT2D eigenvalue weighted by Gasteiger charge is 2.21. The zero-order chi connectivity index (χ0) is 15.5. The number of hydrogen-bond acceptors (Lipinski definition) is 4. The monoisotopic (exact) mass is 317 g/mol. The maximum Gasteiger partial charge on any atom is 0.263 e. The van der Waals surface area contributed by atoms with E-state index < -0.39 is 0 Å². The predicted molar refractivity (Wildman–Crippen MR) is 87.2 cm³/mol. The van der Waals surface area contributed by atoms with E-state index in [0.717, 1.165) is 42.3 Å². The maximum absolute atomic E-state index is 12.5. The molecule has 0 radical (unpaired) electrons. The lowest BCUT2D eigenvalue weighted by molar-refractivity contribution is 0.0768. The van der Waals surface area contributed by atoms with Crippen molar-refractivity contribution < 1.29 is 14.3 Å². The molecule has 2 aromatic rings. The average molecular weight is 317 g/mol. The highest BCUT2D eigenvalue weighted by Crippen LogP contribution is 2.32. The van der Waals surface area contributed by atoms with Crippen molar-refractivity contribution in [1.82, 2.24) is 4.90 Å². The second-order valence-electron chi connectivity index (χ2n) is 5.25. The van der Waals surface area contributed by atoms with Crippen molar-refractivity contribution in [1.29, 1.82) is 0 Å². The Kier molecular flexibility index (Phi) is 4.34. The molecule has 0 unspecified atom stereocenters. The Bertz CT molecular complexity index is 632. The standard InChI is InChI=1S/C17H19NO3S/c1-20-14-10-12-5-7-18(17(19)16-4-3-9-22-16)8-6-13(12)11-15(14)21-2/h3-4,9-11H,5-8H2,1-2H3. The van der Waals surface area contributed by atoms with E-state index in [1.807, 2.05) is 34.5 Å². The zero-order valence-corrected chi connectivity index (χ0v) is 13.6. The van der Waals surface area contributed by atoms with Crippen molar-refractivity contribution in [2.75, 3.05) is 27.3 Å². The SMILES string of the molecule is COc1cc2c(cc1OC)CCN(C(=O)c1cccs1)CC2. The van der Waals surface area contributed by atoms with Crippen molar-refractivity contribution in [2.45, 2.75) is 12.8 Å². The van der Waals surface area contributed by atoms with Gasteiger partial charge >= 0.3 is 0 Å². The van der Waals surface area contributed by atoms with Crippen molar-refractivity contribution in [2.24, 2.45) is 0 Å². The van der Waals surface area contributed by atoms with Crippen LogP contribution in [0.3, 0.4) is 0 Å². The molecular weight excluding hydrogens is 298 g/mol. The average Bonchev–Trinajstić information content (AvgIpc) is 3.00. The Balaban J connectivity index is 1.82. The van der Waals surface area contributed by atoms with Gasteiger partial charge < -0.3 is 14.4 Å². The topological polar surface area (TPSA) is 38.8 Å². The molecule has 1 aliphatic rings. The second-order valence-corrected chi connectivity index (χ2v) is 6.19. The molecule has 1 aliphatic heterocycles. The molecule has 0 N–H and O–H groups in total. The first-order valence-electron chi connectivity index (χ1n) is 7.29. The van der Waals surface area contributed by atoms with E-state index in [0.29, 0.717) is 0 Å². The van der Waals surface area contributed by atoms with Crippen LogP contribution in [0.2, 0.25) is 0 Å². The third-order valence-corrected chi connectivity index (χ3v) is 4.88. The Labute approximate surface area is 134 Å². The molecule has 5 heteroatoms. The van der Waals surface area contributed by atoms with Gasteiger partial charge in [0.05, 0.1) is 19.1 Å². The summed E-state index contributed by atoms with van der Waals surface area (Å²) in [7, 11) is 3.29. The molecule has 0 fully saturated rings. The Morgan fingerprint density at radius 3 is 2.14 bits per heavy atom. The fourth-order valence-corrected chi connectivity index (χ4v) is 3.50. The summed E-state index contributed by atoms with van der Waals surface area (Å²) < 4.78 is 10.7. The van der Waals surface area contributed by atoms with Gasteiger partial charge in [-0.2, -0.15) is 0 Å². The predicted octanol–water partition coefficient (Wildman–Crippen LogP) is 3.01. The number of carbonyl (C=O) groups excluding carboxylic acids is 1. The van der Waals surface area contributed by atoms with Gasteiger partial charge in [0.25, 0.3) is 5.91 Å². The molecule has 22 heavy (non-hydrogen) atoms. The summed E-state index contributed by atoms with van der Waals surface area (Å²) >= 11 is 1.50. The van der Waals surface area contributed by atoms with Gasteiger partial charge in [-0.25, -0.2) is 0 Å². The number of benzene rings is 1. The molecule has 2 heterocycles. The molecule has 1 aromatic carbocycles. The Morgan fingerprint density at radius 1 is 1.09 bits per heavy atom. The summed E-state index contributed by atoms with van der Waals surface area (Å²) in [4.78, 5) is 15.2. The first-order valence-corrected chi connectivity index (χ1v) is 8.17. The van der Waals surface area contributed by atoms with Crippen LogP contribution in [-0.4, -0.2) is 38.1 Å². The van der Waals surface area contributed by atoms with E-state index in [2.05, 4.69) is 0 Å². The maximum atomic E-state index is 12.5. The molecule has 0 bridgehead atoms. The quantitative estimate of drug-likeness (QED) is 0.873. The van der Waals surface area contributed by atoms with E-state index in [1.54, 1.807) is 14.2 Å². The molecular formula is C17H19NO3S. The lowest BCUT2D eigenvalue weighted by Gasteiger charge is -2.19. The van der Waals surface area contributed by atoms with E-state index in [4.69, 9.17) is 9.47 Å². The van der Waals surface area contributed by atoms with E-state index in [-0.39, 0.29) is 5.91 Å². The molecule has 1 aromatic heterocycles. The number of ether oxygens (including phenoxy) is 2. The third-order valence-electron chi connectivity index (χ3n) is 4.03. The second kappa shape index (κ2) is 6.40. The Morgan fingerprint density at radius 2 is 1.68 bits per heavy atom. The van der Waals surface area contributed by atoms with Crippen LogP contribution in [0, 0.1) is 0 Å². The molecule has 0 aliphatic carbocycles. The minimum absolute atomic E-state index is 0.127. The smallest absolute Gasteiger partial charge is 0.263 e. The third kappa shape index (κ3) is 2.81. The summed E-state index contributed by atoms with van der Waals surface area (Å²) in [6, 6.07) is 7.87. The van der Waals surface area contributed by atoms with Crippen LogP contribution < -0.4 is 9.47 Å². The van der Waals surface area contributed by atoms with E-state index in [1.165, 1.54) is 22.5 Å². The lowest BCUT2D eigenvalue weighted by atomic mass is 10.0. The summed E-state index contributed by atoms with van der Waals surface area (Å²) in [6.07, 6.45) is 1.68. The van der Waals surface area contributed by atoms with Gasteiger partial charge in [-0.15, -0.1) is 11.3 Å². The minimum Gasteiger partial charge on any atom is -0.493 e.